The third-order valence-electron chi connectivity index (χ3n) is 4.81. The summed E-state index contributed by atoms with van der Waals surface area (Å²) in [5, 5.41) is 15.8. The van der Waals surface area contributed by atoms with Gasteiger partial charge in [-0.2, -0.15) is 0 Å². The highest BCUT2D eigenvalue weighted by Gasteiger charge is 2.15. The number of carbonyl (C=O) groups excluding carboxylic acids is 2. The summed E-state index contributed by atoms with van der Waals surface area (Å²) in [6.07, 6.45) is 7.03. The number of benzene rings is 1. The zero-order chi connectivity index (χ0) is 19.8. The summed E-state index contributed by atoms with van der Waals surface area (Å²) in [7, 11) is 0. The van der Waals surface area contributed by atoms with Gasteiger partial charge in [-0.25, -0.2) is 0 Å². The highest BCUT2D eigenvalue weighted by molar-refractivity contribution is 7.12. The molecule has 1 atom stereocenters. The molecule has 1 aromatic heterocycles. The zero-order valence-corrected chi connectivity index (χ0v) is 16.6. The predicted octanol–water partition coefficient (Wildman–Crippen LogP) is 3.45. The molecule has 3 rings (SSSR count). The molecular weight excluding hydrogens is 372 g/mol. The van der Waals surface area contributed by atoms with Crippen LogP contribution < -0.4 is 10.6 Å². The van der Waals surface area contributed by atoms with Crippen molar-refractivity contribution in [2.75, 3.05) is 6.54 Å². The summed E-state index contributed by atoms with van der Waals surface area (Å²) >= 11 is 1.42. The summed E-state index contributed by atoms with van der Waals surface area (Å²) in [6, 6.07) is 13.1. The molecule has 1 aliphatic carbocycles. The fourth-order valence-corrected chi connectivity index (χ4v) is 4.20. The normalized spacial score (nSPS) is 14.8. The number of hydrogen-bond donors (Lipinski definition) is 3. The predicted molar refractivity (Wildman–Crippen MR) is 111 cm³/mol. The number of amides is 2. The molecule has 5 nitrogen and oxygen atoms in total. The van der Waals surface area contributed by atoms with E-state index in [1.807, 2.05) is 42.5 Å². The first kappa shape index (κ1) is 20.3. The van der Waals surface area contributed by atoms with E-state index in [-0.39, 0.29) is 6.54 Å². The Morgan fingerprint density at radius 2 is 1.82 bits per heavy atom. The lowest BCUT2D eigenvalue weighted by molar-refractivity contribution is -0.139. The van der Waals surface area contributed by atoms with E-state index < -0.39 is 17.9 Å². The highest BCUT2D eigenvalue weighted by Crippen LogP contribution is 2.28. The smallest absolute Gasteiger partial charge is 0.309 e. The fraction of sp³-hybridized carbons (Fsp3) is 0.364. The Balaban J connectivity index is 1.42. The van der Waals surface area contributed by atoms with Crippen molar-refractivity contribution in [2.24, 2.45) is 0 Å². The third-order valence-corrected chi connectivity index (χ3v) is 5.95. The molecule has 0 aliphatic heterocycles. The van der Waals surface area contributed by atoms with Crippen molar-refractivity contribution in [3.05, 3.63) is 69.4 Å². The zero-order valence-electron chi connectivity index (χ0n) is 15.8. The Kier molecular flexibility index (Phi) is 7.39. The van der Waals surface area contributed by atoms with E-state index in [2.05, 4.69) is 16.7 Å². The van der Waals surface area contributed by atoms with Gasteiger partial charge in [-0.15, -0.1) is 11.3 Å². The SMILES string of the molecule is O=C(NCCC1=CCCCC1)C(=O)NCc1ccc([C@H](O)c2ccccc2)s1. The van der Waals surface area contributed by atoms with Crippen molar-refractivity contribution in [1.82, 2.24) is 10.6 Å². The number of aliphatic hydroxyl groups excluding tert-OH is 1. The van der Waals surface area contributed by atoms with Crippen molar-refractivity contribution in [3.63, 3.8) is 0 Å². The van der Waals surface area contributed by atoms with E-state index in [0.29, 0.717) is 6.54 Å². The van der Waals surface area contributed by atoms with Crippen LogP contribution >= 0.6 is 11.3 Å². The molecule has 148 valence electrons. The lowest BCUT2D eigenvalue weighted by Gasteiger charge is -2.12. The fourth-order valence-electron chi connectivity index (χ4n) is 3.23. The molecule has 1 heterocycles. The molecule has 1 aliphatic rings. The number of thiophene rings is 1. The van der Waals surface area contributed by atoms with Crippen LogP contribution in [0.15, 0.2) is 54.1 Å². The topological polar surface area (TPSA) is 78.4 Å². The molecule has 2 aromatic rings. The van der Waals surface area contributed by atoms with E-state index in [9.17, 15) is 14.7 Å². The molecule has 6 heteroatoms. The molecule has 0 spiro atoms. The Morgan fingerprint density at radius 1 is 1.04 bits per heavy atom. The number of aliphatic hydroxyl groups is 1. The van der Waals surface area contributed by atoms with Crippen LogP contribution in [0.1, 0.15) is 53.5 Å². The summed E-state index contributed by atoms with van der Waals surface area (Å²) < 4.78 is 0. The second-order valence-electron chi connectivity index (χ2n) is 6.91. The molecule has 3 N–H and O–H groups in total. The maximum Gasteiger partial charge on any atom is 0.309 e. The van der Waals surface area contributed by atoms with Crippen LogP contribution in [0.5, 0.6) is 0 Å². The summed E-state index contributed by atoms with van der Waals surface area (Å²) in [5.74, 6) is -1.23. The van der Waals surface area contributed by atoms with Gasteiger partial charge in [-0.3, -0.25) is 9.59 Å². The summed E-state index contributed by atoms with van der Waals surface area (Å²) in [5.41, 5.74) is 2.20. The summed E-state index contributed by atoms with van der Waals surface area (Å²) in [6.45, 7) is 0.758. The van der Waals surface area contributed by atoms with E-state index in [0.717, 1.165) is 34.6 Å². The second kappa shape index (κ2) is 10.2. The molecule has 0 radical (unpaired) electrons. The molecule has 2 amide bonds. The van der Waals surface area contributed by atoms with Crippen molar-refractivity contribution in [1.29, 1.82) is 0 Å². The van der Waals surface area contributed by atoms with E-state index in [1.165, 1.54) is 29.8 Å². The first-order valence-electron chi connectivity index (χ1n) is 9.69. The molecule has 28 heavy (non-hydrogen) atoms. The third kappa shape index (κ3) is 5.78. The van der Waals surface area contributed by atoms with Crippen LogP contribution in [0, 0.1) is 0 Å². The Hall–Kier alpha value is -2.44. The van der Waals surface area contributed by atoms with Gasteiger partial charge in [0, 0.05) is 16.3 Å². The number of rotatable bonds is 7. The quantitative estimate of drug-likeness (QED) is 0.494. The Bertz CT molecular complexity index is 829. The molecule has 0 unspecified atom stereocenters. The number of nitrogens with one attached hydrogen (secondary N) is 2. The number of carbonyl (C=O) groups is 2. The Labute approximate surface area is 169 Å². The second-order valence-corrected chi connectivity index (χ2v) is 8.11. The van der Waals surface area contributed by atoms with Gasteiger partial charge in [0.05, 0.1) is 6.54 Å². The summed E-state index contributed by atoms with van der Waals surface area (Å²) in [4.78, 5) is 25.6. The van der Waals surface area contributed by atoms with Crippen molar-refractivity contribution < 1.29 is 14.7 Å². The van der Waals surface area contributed by atoms with Crippen molar-refractivity contribution in [3.8, 4) is 0 Å². The van der Waals surface area contributed by atoms with Gasteiger partial charge in [0.2, 0.25) is 0 Å². The average molecular weight is 399 g/mol. The maximum absolute atomic E-state index is 12.0. The van der Waals surface area contributed by atoms with Gasteiger partial charge in [0.25, 0.3) is 0 Å². The van der Waals surface area contributed by atoms with E-state index in [1.54, 1.807) is 0 Å². The van der Waals surface area contributed by atoms with Crippen LogP contribution in [-0.2, 0) is 16.1 Å². The molecule has 0 saturated heterocycles. The molecule has 0 saturated carbocycles. The molecule has 1 aromatic carbocycles. The first-order valence-corrected chi connectivity index (χ1v) is 10.5. The van der Waals surface area contributed by atoms with Gasteiger partial charge in [0.15, 0.2) is 0 Å². The minimum atomic E-state index is -0.687. The number of hydrogen-bond acceptors (Lipinski definition) is 4. The minimum absolute atomic E-state index is 0.267. The Morgan fingerprint density at radius 3 is 2.57 bits per heavy atom. The maximum atomic E-state index is 12.0. The first-order chi connectivity index (χ1) is 13.6. The van der Waals surface area contributed by atoms with Gasteiger partial charge in [-0.05, 0) is 49.8 Å². The van der Waals surface area contributed by atoms with Crippen LogP contribution in [0.3, 0.4) is 0 Å². The van der Waals surface area contributed by atoms with Crippen molar-refractivity contribution >= 4 is 23.2 Å². The van der Waals surface area contributed by atoms with Crippen LogP contribution in [-0.4, -0.2) is 23.5 Å². The van der Waals surface area contributed by atoms with E-state index >= 15 is 0 Å². The van der Waals surface area contributed by atoms with Crippen LogP contribution in [0.4, 0.5) is 0 Å². The molecule has 0 fully saturated rings. The lowest BCUT2D eigenvalue weighted by atomic mass is 9.97. The number of allylic oxidation sites excluding steroid dienone is 1. The standard InChI is InChI=1S/C22H26N2O3S/c25-20(17-9-5-2-6-10-17)19-12-11-18(28-19)15-24-22(27)21(26)23-14-13-16-7-3-1-4-8-16/h2,5-7,9-12,20,25H,1,3-4,8,13-15H2,(H,23,26)(H,24,27)/t20-/m1/s1. The molecule has 0 bridgehead atoms. The average Bonchev–Trinajstić information content (AvgIpc) is 3.22. The van der Waals surface area contributed by atoms with Crippen molar-refractivity contribution in [2.45, 2.75) is 44.8 Å². The molecular formula is C22H26N2O3S. The lowest BCUT2D eigenvalue weighted by Crippen LogP contribution is -2.39. The van der Waals surface area contributed by atoms with Crippen LogP contribution in [0.2, 0.25) is 0 Å². The van der Waals surface area contributed by atoms with Gasteiger partial charge in [0.1, 0.15) is 6.10 Å². The minimum Gasteiger partial charge on any atom is -0.383 e. The largest absolute Gasteiger partial charge is 0.383 e. The van der Waals surface area contributed by atoms with Gasteiger partial charge < -0.3 is 15.7 Å². The highest BCUT2D eigenvalue weighted by atomic mass is 32.1. The van der Waals surface area contributed by atoms with Crippen LogP contribution in [0.25, 0.3) is 0 Å². The van der Waals surface area contributed by atoms with Gasteiger partial charge >= 0.3 is 11.8 Å². The van der Waals surface area contributed by atoms with Gasteiger partial charge in [-0.1, -0.05) is 42.0 Å². The monoisotopic (exact) mass is 398 g/mol. The van der Waals surface area contributed by atoms with E-state index in [4.69, 9.17) is 0 Å².